The zero-order chi connectivity index (χ0) is 29.4. The van der Waals surface area contributed by atoms with Gasteiger partial charge in [-0.25, -0.2) is 14.2 Å². The number of aromatic nitrogens is 3. The van der Waals surface area contributed by atoms with E-state index in [1.165, 1.54) is 17.4 Å². The van der Waals surface area contributed by atoms with Crippen LogP contribution >= 0.6 is 0 Å². The average Bonchev–Trinajstić information content (AvgIpc) is 3.70. The van der Waals surface area contributed by atoms with Crippen LogP contribution < -0.4 is 10.6 Å². The minimum atomic E-state index is -1.14. The number of anilines is 1. The lowest BCUT2D eigenvalue weighted by atomic mass is 9.97. The minimum absolute atomic E-state index is 0.144. The maximum Gasteiger partial charge on any atom is 0.326 e. The number of carboxylic acids is 1. The summed E-state index contributed by atoms with van der Waals surface area (Å²) < 4.78 is 20.2. The van der Waals surface area contributed by atoms with E-state index in [-0.39, 0.29) is 6.42 Å². The Balaban J connectivity index is 1.33. The topological polar surface area (TPSA) is 145 Å². The van der Waals surface area contributed by atoms with Gasteiger partial charge in [-0.15, -0.1) is 0 Å². The quantitative estimate of drug-likeness (QED) is 0.259. The molecule has 2 aromatic heterocycles. The third-order valence-electron chi connectivity index (χ3n) is 8.00. The first-order valence-corrected chi connectivity index (χ1v) is 14.3. The maximum absolute atomic E-state index is 13.5. The van der Waals surface area contributed by atoms with E-state index in [0.29, 0.717) is 43.7 Å². The van der Waals surface area contributed by atoms with Crippen LogP contribution in [-0.2, 0) is 39.6 Å². The highest BCUT2D eigenvalue weighted by atomic mass is 19.1. The number of hydrogen-bond donors (Lipinski definition) is 3. The van der Waals surface area contributed by atoms with Gasteiger partial charge in [0, 0.05) is 45.7 Å². The number of halogens is 1. The third-order valence-corrected chi connectivity index (χ3v) is 8.00. The Labute approximate surface area is 240 Å². The van der Waals surface area contributed by atoms with Crippen LogP contribution in [-0.4, -0.2) is 88.8 Å². The van der Waals surface area contributed by atoms with E-state index in [1.54, 1.807) is 13.2 Å². The molecule has 0 spiro atoms. The predicted molar refractivity (Wildman–Crippen MR) is 150 cm³/mol. The lowest BCUT2D eigenvalue weighted by Crippen LogP contribution is -2.48. The number of nitrogens with one attached hydrogen (secondary N) is 2. The van der Waals surface area contributed by atoms with Crippen molar-refractivity contribution in [3.8, 4) is 6.07 Å². The van der Waals surface area contributed by atoms with Gasteiger partial charge < -0.3 is 25.4 Å². The monoisotopic (exact) mass is 569 g/mol. The van der Waals surface area contributed by atoms with E-state index in [4.69, 9.17) is 9.72 Å². The van der Waals surface area contributed by atoms with Crippen LogP contribution in [0.15, 0.2) is 18.3 Å². The standard InChI is InChI=1S/C29H40FN7O4/c1-36-18-21(17-31)25(35-36)29(11-12-29)28(40)34-24(27(38)39)10-15-37(19-23(16-30)41-2)14-4-3-7-22-9-8-20-6-5-13-32-26(20)33-22/h8-9,18,23-24H,3-7,10-16,19H2,1-2H3,(H,32,33)(H,34,40)(H,38,39). The Bertz CT molecular complexity index is 1250. The van der Waals surface area contributed by atoms with E-state index in [2.05, 4.69) is 33.9 Å². The van der Waals surface area contributed by atoms with Crippen LogP contribution in [0.25, 0.3) is 0 Å². The highest BCUT2D eigenvalue weighted by molar-refractivity contribution is 5.94. The van der Waals surface area contributed by atoms with Gasteiger partial charge in [-0.3, -0.25) is 9.48 Å². The Morgan fingerprint density at radius 2 is 2.15 bits per heavy atom. The van der Waals surface area contributed by atoms with Crippen LogP contribution in [0.3, 0.4) is 0 Å². The highest BCUT2D eigenvalue weighted by Crippen LogP contribution is 2.49. The maximum atomic E-state index is 13.5. The molecule has 11 nitrogen and oxygen atoms in total. The zero-order valence-corrected chi connectivity index (χ0v) is 23.9. The van der Waals surface area contributed by atoms with E-state index in [1.807, 2.05) is 4.90 Å². The molecule has 2 aliphatic rings. The summed E-state index contributed by atoms with van der Waals surface area (Å²) in [6.45, 7) is 1.59. The molecule has 2 aromatic rings. The molecule has 1 amide bonds. The van der Waals surface area contributed by atoms with Crippen LogP contribution in [0.2, 0.25) is 0 Å². The number of amides is 1. The number of nitriles is 1. The second-order valence-corrected chi connectivity index (χ2v) is 11.0. The molecule has 3 N–H and O–H groups in total. The molecule has 2 atom stereocenters. The molecule has 41 heavy (non-hydrogen) atoms. The van der Waals surface area contributed by atoms with Gasteiger partial charge in [0.2, 0.25) is 5.91 Å². The number of carbonyl (C=O) groups is 2. The second kappa shape index (κ2) is 13.9. The fraction of sp³-hybridized carbons (Fsp3) is 0.621. The number of rotatable bonds is 16. The van der Waals surface area contributed by atoms with Gasteiger partial charge in [-0.1, -0.05) is 6.07 Å². The molecule has 0 aromatic carbocycles. The largest absolute Gasteiger partial charge is 0.480 e. The van der Waals surface area contributed by atoms with Gasteiger partial charge in [0.25, 0.3) is 0 Å². The summed E-state index contributed by atoms with van der Waals surface area (Å²) in [6.07, 6.45) is 6.76. The summed E-state index contributed by atoms with van der Waals surface area (Å²) in [6, 6.07) is 5.16. The summed E-state index contributed by atoms with van der Waals surface area (Å²) >= 11 is 0. The van der Waals surface area contributed by atoms with Crippen molar-refractivity contribution in [2.45, 2.75) is 68.9 Å². The number of nitrogens with zero attached hydrogens (tertiary/aromatic N) is 5. The lowest BCUT2D eigenvalue weighted by Gasteiger charge is -2.27. The Morgan fingerprint density at radius 1 is 1.34 bits per heavy atom. The van der Waals surface area contributed by atoms with E-state index < -0.39 is 36.1 Å². The van der Waals surface area contributed by atoms with Crippen molar-refractivity contribution in [2.75, 3.05) is 45.3 Å². The van der Waals surface area contributed by atoms with Crippen molar-refractivity contribution in [2.24, 2.45) is 7.05 Å². The highest BCUT2D eigenvalue weighted by Gasteiger charge is 2.55. The smallest absolute Gasteiger partial charge is 0.326 e. The van der Waals surface area contributed by atoms with Gasteiger partial charge in [-0.05, 0) is 69.5 Å². The molecule has 4 rings (SSSR count). The summed E-state index contributed by atoms with van der Waals surface area (Å²) in [5.74, 6) is -0.600. The molecule has 1 fully saturated rings. The number of carbonyl (C=O) groups excluding carboxylic acids is 1. The van der Waals surface area contributed by atoms with E-state index in [0.717, 1.165) is 50.2 Å². The number of methoxy groups -OCH3 is 1. The fourth-order valence-corrected chi connectivity index (χ4v) is 5.40. The molecule has 1 saturated carbocycles. The van der Waals surface area contributed by atoms with Crippen molar-refractivity contribution < 1.29 is 23.8 Å². The predicted octanol–water partition coefficient (Wildman–Crippen LogP) is 2.35. The van der Waals surface area contributed by atoms with Crippen LogP contribution in [0.4, 0.5) is 10.2 Å². The van der Waals surface area contributed by atoms with Crippen molar-refractivity contribution in [3.63, 3.8) is 0 Å². The van der Waals surface area contributed by atoms with Gasteiger partial charge in [-0.2, -0.15) is 10.4 Å². The number of pyridine rings is 1. The summed E-state index contributed by atoms with van der Waals surface area (Å²) in [4.78, 5) is 32.1. The lowest BCUT2D eigenvalue weighted by molar-refractivity contribution is -0.142. The number of fused-ring (bicyclic) bond motifs is 1. The van der Waals surface area contributed by atoms with E-state index >= 15 is 0 Å². The number of hydrogen-bond acceptors (Lipinski definition) is 8. The summed E-state index contributed by atoms with van der Waals surface area (Å²) in [5.41, 5.74) is 2.01. The average molecular weight is 570 g/mol. The molecule has 0 saturated heterocycles. The molecule has 3 heterocycles. The number of aryl methyl sites for hydroxylation is 3. The first-order chi connectivity index (χ1) is 19.8. The normalized spacial score (nSPS) is 16.8. The summed E-state index contributed by atoms with van der Waals surface area (Å²) in [7, 11) is 3.14. The number of alkyl halides is 1. The second-order valence-electron chi connectivity index (χ2n) is 11.0. The van der Waals surface area contributed by atoms with Crippen molar-refractivity contribution in [3.05, 3.63) is 40.8 Å². The third kappa shape index (κ3) is 7.59. The fourth-order valence-electron chi connectivity index (χ4n) is 5.40. The van der Waals surface area contributed by atoms with Crippen molar-refractivity contribution in [1.82, 2.24) is 25.0 Å². The van der Waals surface area contributed by atoms with E-state index in [9.17, 15) is 24.3 Å². The molecule has 0 radical (unpaired) electrons. The number of aliphatic carboxylic acids is 1. The Morgan fingerprint density at radius 3 is 2.83 bits per heavy atom. The zero-order valence-electron chi connectivity index (χ0n) is 23.9. The molecular formula is C29H40FN7O4. The minimum Gasteiger partial charge on any atom is -0.480 e. The summed E-state index contributed by atoms with van der Waals surface area (Å²) in [5, 5.41) is 29.7. The first-order valence-electron chi connectivity index (χ1n) is 14.3. The molecule has 2 unspecified atom stereocenters. The molecule has 222 valence electrons. The van der Waals surface area contributed by atoms with Crippen LogP contribution in [0, 0.1) is 11.3 Å². The molecule has 0 bridgehead atoms. The van der Waals surface area contributed by atoms with Crippen molar-refractivity contribution in [1.29, 1.82) is 5.26 Å². The first kappa shape index (κ1) is 30.4. The van der Waals surface area contributed by atoms with Crippen molar-refractivity contribution >= 4 is 17.7 Å². The molecule has 1 aliphatic carbocycles. The van der Waals surface area contributed by atoms with Crippen LogP contribution in [0.5, 0.6) is 0 Å². The number of unbranched alkanes of at least 4 members (excludes halogenated alkanes) is 1. The van der Waals surface area contributed by atoms with Crippen LogP contribution in [0.1, 0.15) is 61.0 Å². The molecule has 12 heteroatoms. The van der Waals surface area contributed by atoms with Gasteiger partial charge in [0.05, 0.1) is 22.8 Å². The SMILES string of the molecule is COC(CF)CN(CCCCc1ccc2c(n1)NCCC2)CCC(NC(=O)C1(c2nn(C)cc2C#N)CC1)C(=O)O. The Kier molecular flexibility index (Phi) is 10.3. The van der Waals surface area contributed by atoms with Gasteiger partial charge in [0.15, 0.2) is 0 Å². The molecular weight excluding hydrogens is 529 g/mol. The number of ether oxygens (including phenoxy) is 1. The molecule has 1 aliphatic heterocycles. The van der Waals surface area contributed by atoms with Gasteiger partial charge >= 0.3 is 5.97 Å². The van der Waals surface area contributed by atoms with Gasteiger partial charge in [0.1, 0.15) is 24.6 Å². The number of carboxylic acid groups (broad SMARTS) is 1. The Hall–Kier alpha value is -3.56.